The van der Waals surface area contributed by atoms with Crippen LogP contribution in [0.15, 0.2) is 0 Å². The molecule has 1 aliphatic heterocycles. The Hall–Kier alpha value is -0.570. The molecule has 0 aliphatic carbocycles. The Labute approximate surface area is 67.3 Å². The number of hydrogen-bond acceptors (Lipinski definition) is 3. The lowest BCUT2D eigenvalue weighted by atomic mass is 10.1. The molecule has 1 rings (SSSR count). The Morgan fingerprint density at radius 3 is 2.64 bits per heavy atom. The average Bonchev–Trinajstić information content (AvgIpc) is 1.84. The van der Waals surface area contributed by atoms with Crippen LogP contribution in [-0.4, -0.2) is 36.6 Å². The van der Waals surface area contributed by atoms with Crippen molar-refractivity contribution >= 4 is 5.97 Å². The van der Waals surface area contributed by atoms with Crippen molar-refractivity contribution in [1.82, 2.24) is 4.90 Å². The number of nitrogens with zero attached hydrogens (tertiary/aromatic N) is 1. The van der Waals surface area contributed by atoms with E-state index in [0.717, 1.165) is 13.1 Å². The van der Waals surface area contributed by atoms with Crippen molar-refractivity contribution in [3.05, 3.63) is 0 Å². The summed E-state index contributed by atoms with van der Waals surface area (Å²) in [6, 6.07) is -0.0382. The zero-order chi connectivity index (χ0) is 8.27. The molecule has 0 aromatic carbocycles. The van der Waals surface area contributed by atoms with Gasteiger partial charge in [0.2, 0.25) is 0 Å². The Kier molecular flexibility index (Phi) is 2.88. The molecule has 0 spiro atoms. The molecule has 1 aliphatic rings. The van der Waals surface area contributed by atoms with Gasteiger partial charge >= 0.3 is 5.97 Å². The molecule has 1 fully saturated rings. The molecule has 1 atom stereocenters. The lowest BCUT2D eigenvalue weighted by molar-refractivity contribution is -0.150. The fourth-order valence-electron chi connectivity index (χ4n) is 1.14. The minimum Gasteiger partial charge on any atom is -0.465 e. The first-order valence-electron chi connectivity index (χ1n) is 4.16. The van der Waals surface area contributed by atoms with Gasteiger partial charge < -0.3 is 4.74 Å². The molecule has 0 amide bonds. The maximum atomic E-state index is 11.1. The number of esters is 1. The van der Waals surface area contributed by atoms with Crippen LogP contribution >= 0.6 is 0 Å². The molecule has 3 heteroatoms. The minimum absolute atomic E-state index is 0.0382. The normalized spacial score (nSPS) is 20.5. The number of ether oxygens (including phenoxy) is 1. The summed E-state index contributed by atoms with van der Waals surface area (Å²) >= 11 is 0. The molecule has 0 aromatic heterocycles. The standard InChI is InChI=1S/C8H15NO2/c1-3-11-8(10)7(2)9-5-4-6-9/h7H,3-6H2,1-2H3. The second-order valence-corrected chi connectivity index (χ2v) is 2.82. The molecule has 0 bridgehead atoms. The van der Waals surface area contributed by atoms with Crippen LogP contribution in [0.2, 0.25) is 0 Å². The summed E-state index contributed by atoms with van der Waals surface area (Å²) in [4.78, 5) is 13.2. The molecule has 0 N–H and O–H groups in total. The molecular formula is C8H15NO2. The van der Waals surface area contributed by atoms with E-state index in [4.69, 9.17) is 4.74 Å². The maximum absolute atomic E-state index is 11.1. The highest BCUT2D eigenvalue weighted by atomic mass is 16.5. The predicted molar refractivity (Wildman–Crippen MR) is 42.3 cm³/mol. The van der Waals surface area contributed by atoms with E-state index in [1.165, 1.54) is 6.42 Å². The summed E-state index contributed by atoms with van der Waals surface area (Å²) in [6.45, 7) is 6.30. The monoisotopic (exact) mass is 157 g/mol. The number of carbonyl (C=O) groups is 1. The zero-order valence-corrected chi connectivity index (χ0v) is 7.17. The van der Waals surface area contributed by atoms with Crippen LogP contribution in [0.3, 0.4) is 0 Å². The zero-order valence-electron chi connectivity index (χ0n) is 7.17. The topological polar surface area (TPSA) is 29.5 Å². The second-order valence-electron chi connectivity index (χ2n) is 2.82. The van der Waals surface area contributed by atoms with Crippen LogP contribution in [0.1, 0.15) is 20.3 Å². The molecule has 0 radical (unpaired) electrons. The van der Waals surface area contributed by atoms with Crippen molar-refractivity contribution in [3.8, 4) is 0 Å². The van der Waals surface area contributed by atoms with Gasteiger partial charge in [-0.15, -0.1) is 0 Å². The van der Waals surface area contributed by atoms with E-state index in [9.17, 15) is 4.79 Å². The lowest BCUT2D eigenvalue weighted by Gasteiger charge is -2.34. The smallest absolute Gasteiger partial charge is 0.323 e. The Morgan fingerprint density at radius 2 is 2.27 bits per heavy atom. The molecule has 0 aromatic rings. The van der Waals surface area contributed by atoms with Gasteiger partial charge in [0.1, 0.15) is 6.04 Å². The summed E-state index contributed by atoms with van der Waals surface area (Å²) in [7, 11) is 0. The number of hydrogen-bond donors (Lipinski definition) is 0. The van der Waals surface area contributed by atoms with Crippen molar-refractivity contribution in [2.45, 2.75) is 26.3 Å². The number of likely N-dealkylation sites (tertiary alicyclic amines) is 1. The Bertz CT molecular complexity index is 143. The summed E-state index contributed by atoms with van der Waals surface area (Å²) in [5.41, 5.74) is 0. The number of carbonyl (C=O) groups excluding carboxylic acids is 1. The van der Waals surface area contributed by atoms with Crippen molar-refractivity contribution in [2.75, 3.05) is 19.7 Å². The van der Waals surface area contributed by atoms with E-state index < -0.39 is 0 Å². The van der Waals surface area contributed by atoms with Gasteiger partial charge in [0.05, 0.1) is 6.61 Å². The minimum atomic E-state index is -0.0906. The van der Waals surface area contributed by atoms with E-state index in [1.54, 1.807) is 0 Å². The van der Waals surface area contributed by atoms with E-state index in [-0.39, 0.29) is 12.0 Å². The first kappa shape index (κ1) is 8.53. The maximum Gasteiger partial charge on any atom is 0.323 e. The molecule has 64 valence electrons. The Morgan fingerprint density at radius 1 is 1.64 bits per heavy atom. The highest BCUT2D eigenvalue weighted by Gasteiger charge is 2.26. The van der Waals surface area contributed by atoms with Crippen molar-refractivity contribution < 1.29 is 9.53 Å². The van der Waals surface area contributed by atoms with Gasteiger partial charge in [0.15, 0.2) is 0 Å². The van der Waals surface area contributed by atoms with E-state index >= 15 is 0 Å². The molecule has 3 nitrogen and oxygen atoms in total. The van der Waals surface area contributed by atoms with Gasteiger partial charge in [-0.2, -0.15) is 0 Å². The van der Waals surface area contributed by atoms with Crippen LogP contribution in [0.4, 0.5) is 0 Å². The summed E-state index contributed by atoms with van der Waals surface area (Å²) < 4.78 is 4.88. The van der Waals surface area contributed by atoms with Gasteiger partial charge in [-0.05, 0) is 20.3 Å². The largest absolute Gasteiger partial charge is 0.465 e. The van der Waals surface area contributed by atoms with Crippen molar-refractivity contribution in [2.24, 2.45) is 0 Å². The van der Waals surface area contributed by atoms with Crippen LogP contribution in [-0.2, 0) is 9.53 Å². The SMILES string of the molecule is CCOC(=O)C(C)N1CCC1. The van der Waals surface area contributed by atoms with Crippen LogP contribution in [0, 0.1) is 0 Å². The lowest BCUT2D eigenvalue weighted by Crippen LogP contribution is -2.48. The molecule has 1 heterocycles. The highest BCUT2D eigenvalue weighted by Crippen LogP contribution is 2.11. The average molecular weight is 157 g/mol. The molecule has 1 saturated heterocycles. The molecule has 1 unspecified atom stereocenters. The van der Waals surface area contributed by atoms with Crippen molar-refractivity contribution in [3.63, 3.8) is 0 Å². The third-order valence-corrected chi connectivity index (χ3v) is 2.07. The summed E-state index contributed by atoms with van der Waals surface area (Å²) in [6.07, 6.45) is 1.21. The van der Waals surface area contributed by atoms with E-state index in [0.29, 0.717) is 6.61 Å². The molecule has 11 heavy (non-hydrogen) atoms. The predicted octanol–water partition coefficient (Wildman–Crippen LogP) is 0.644. The van der Waals surface area contributed by atoms with Crippen LogP contribution < -0.4 is 0 Å². The quantitative estimate of drug-likeness (QED) is 0.563. The first-order valence-corrected chi connectivity index (χ1v) is 4.16. The fourth-order valence-corrected chi connectivity index (χ4v) is 1.14. The van der Waals surface area contributed by atoms with Crippen molar-refractivity contribution in [1.29, 1.82) is 0 Å². The Balaban J connectivity index is 2.27. The van der Waals surface area contributed by atoms with Gasteiger partial charge in [0, 0.05) is 13.1 Å². The van der Waals surface area contributed by atoms with Gasteiger partial charge in [-0.25, -0.2) is 0 Å². The van der Waals surface area contributed by atoms with Crippen LogP contribution in [0.25, 0.3) is 0 Å². The first-order chi connectivity index (χ1) is 5.25. The summed E-state index contributed by atoms with van der Waals surface area (Å²) in [5, 5.41) is 0. The van der Waals surface area contributed by atoms with Gasteiger partial charge in [-0.1, -0.05) is 0 Å². The number of rotatable bonds is 3. The molecule has 0 saturated carbocycles. The van der Waals surface area contributed by atoms with E-state index in [1.807, 2.05) is 13.8 Å². The highest BCUT2D eigenvalue weighted by molar-refractivity contribution is 5.75. The molecular weight excluding hydrogens is 142 g/mol. The van der Waals surface area contributed by atoms with Gasteiger partial charge in [-0.3, -0.25) is 9.69 Å². The fraction of sp³-hybridized carbons (Fsp3) is 0.875. The van der Waals surface area contributed by atoms with E-state index in [2.05, 4.69) is 4.90 Å². The third-order valence-electron chi connectivity index (χ3n) is 2.07. The van der Waals surface area contributed by atoms with Gasteiger partial charge in [0.25, 0.3) is 0 Å². The van der Waals surface area contributed by atoms with Crippen LogP contribution in [0.5, 0.6) is 0 Å². The summed E-state index contributed by atoms with van der Waals surface area (Å²) in [5.74, 6) is -0.0906. The third kappa shape index (κ3) is 1.93. The second kappa shape index (κ2) is 3.72.